The van der Waals surface area contributed by atoms with Gasteiger partial charge in [0.15, 0.2) is 0 Å². The molecule has 1 aliphatic rings. The number of aromatic nitrogens is 1. The molecule has 1 aromatic carbocycles. The first-order valence-electron chi connectivity index (χ1n) is 7.41. The lowest BCUT2D eigenvalue weighted by molar-refractivity contribution is 0.0778. The lowest BCUT2D eigenvalue weighted by Gasteiger charge is -2.18. The number of benzene rings is 1. The first-order valence-corrected chi connectivity index (χ1v) is 7.78. The number of hydrogen-bond acceptors (Lipinski definition) is 2. The van der Waals surface area contributed by atoms with Gasteiger partial charge in [-0.25, -0.2) is 4.98 Å². The number of pyridine rings is 1. The zero-order valence-electron chi connectivity index (χ0n) is 12.3. The summed E-state index contributed by atoms with van der Waals surface area (Å²) in [6.07, 6.45) is 1.07. The van der Waals surface area contributed by atoms with Gasteiger partial charge in [0.25, 0.3) is 5.91 Å². The van der Waals surface area contributed by atoms with Crippen molar-refractivity contribution in [3.05, 3.63) is 41.2 Å². The van der Waals surface area contributed by atoms with Crippen molar-refractivity contribution in [2.45, 2.75) is 20.3 Å². The second kappa shape index (κ2) is 5.64. The van der Waals surface area contributed by atoms with E-state index in [0.29, 0.717) is 22.7 Å². The fourth-order valence-electron chi connectivity index (χ4n) is 2.94. The average Bonchev–Trinajstić information content (AvgIpc) is 2.96. The summed E-state index contributed by atoms with van der Waals surface area (Å²) in [5.74, 6) is 1.19. The summed E-state index contributed by atoms with van der Waals surface area (Å²) in [5, 5.41) is 2.24. The van der Waals surface area contributed by atoms with E-state index in [4.69, 9.17) is 11.6 Å². The highest BCUT2D eigenvalue weighted by atomic mass is 35.5. The van der Waals surface area contributed by atoms with Crippen molar-refractivity contribution >= 4 is 28.3 Å². The largest absolute Gasteiger partial charge is 0.337 e. The molecule has 1 fully saturated rings. The standard InChI is InChI=1S/C17H19ClN2O/c1-11(2)13-7-8-20(10-13)17(21)15-9-12-5-3-4-6-14(12)16(18)19-15/h3-6,9,11,13H,7-8,10H2,1-2H3. The van der Waals surface area contributed by atoms with Gasteiger partial charge in [0.2, 0.25) is 0 Å². The number of likely N-dealkylation sites (tertiary alicyclic amines) is 1. The van der Waals surface area contributed by atoms with E-state index in [1.807, 2.05) is 35.2 Å². The van der Waals surface area contributed by atoms with E-state index in [0.717, 1.165) is 30.3 Å². The van der Waals surface area contributed by atoms with Crippen LogP contribution in [0.3, 0.4) is 0 Å². The van der Waals surface area contributed by atoms with E-state index >= 15 is 0 Å². The van der Waals surface area contributed by atoms with Crippen LogP contribution in [0, 0.1) is 11.8 Å². The molecular formula is C17H19ClN2O. The van der Waals surface area contributed by atoms with Crippen LogP contribution in [-0.2, 0) is 0 Å². The molecule has 0 spiro atoms. The molecule has 0 aliphatic carbocycles. The van der Waals surface area contributed by atoms with Gasteiger partial charge in [-0.15, -0.1) is 0 Å². The highest BCUT2D eigenvalue weighted by Crippen LogP contribution is 2.27. The molecular weight excluding hydrogens is 284 g/mol. The maximum Gasteiger partial charge on any atom is 0.272 e. The highest BCUT2D eigenvalue weighted by Gasteiger charge is 2.29. The van der Waals surface area contributed by atoms with Crippen LogP contribution in [-0.4, -0.2) is 28.9 Å². The number of amides is 1. The molecule has 1 atom stereocenters. The van der Waals surface area contributed by atoms with Crippen molar-refractivity contribution in [3.63, 3.8) is 0 Å². The van der Waals surface area contributed by atoms with Crippen molar-refractivity contribution < 1.29 is 4.79 Å². The van der Waals surface area contributed by atoms with Gasteiger partial charge < -0.3 is 4.90 Å². The number of halogens is 1. The second-order valence-corrected chi connectivity index (χ2v) is 6.42. The second-order valence-electron chi connectivity index (χ2n) is 6.06. The Balaban J connectivity index is 1.89. The van der Waals surface area contributed by atoms with E-state index in [1.54, 1.807) is 0 Å². The number of hydrogen-bond donors (Lipinski definition) is 0. The lowest BCUT2D eigenvalue weighted by atomic mass is 9.95. The van der Waals surface area contributed by atoms with Gasteiger partial charge in [-0.3, -0.25) is 4.79 Å². The molecule has 1 saturated heterocycles. The lowest BCUT2D eigenvalue weighted by Crippen LogP contribution is -2.30. The summed E-state index contributed by atoms with van der Waals surface area (Å²) in [7, 11) is 0. The Morgan fingerprint density at radius 2 is 2.14 bits per heavy atom. The maximum atomic E-state index is 12.6. The topological polar surface area (TPSA) is 33.2 Å². The van der Waals surface area contributed by atoms with E-state index in [2.05, 4.69) is 18.8 Å². The van der Waals surface area contributed by atoms with E-state index < -0.39 is 0 Å². The van der Waals surface area contributed by atoms with Crippen molar-refractivity contribution in [2.24, 2.45) is 11.8 Å². The molecule has 1 aliphatic heterocycles. The van der Waals surface area contributed by atoms with Crippen LogP contribution < -0.4 is 0 Å². The third-order valence-corrected chi connectivity index (χ3v) is 4.66. The van der Waals surface area contributed by atoms with Crippen LogP contribution in [0.25, 0.3) is 10.8 Å². The molecule has 21 heavy (non-hydrogen) atoms. The van der Waals surface area contributed by atoms with Gasteiger partial charge in [-0.2, -0.15) is 0 Å². The van der Waals surface area contributed by atoms with Gasteiger partial charge in [-0.1, -0.05) is 49.7 Å². The van der Waals surface area contributed by atoms with E-state index in [9.17, 15) is 4.79 Å². The minimum Gasteiger partial charge on any atom is -0.337 e. The van der Waals surface area contributed by atoms with Gasteiger partial charge in [0.1, 0.15) is 10.8 Å². The molecule has 1 amide bonds. The van der Waals surface area contributed by atoms with Crippen molar-refractivity contribution in [1.29, 1.82) is 0 Å². The van der Waals surface area contributed by atoms with Crippen LogP contribution in [0.15, 0.2) is 30.3 Å². The number of carbonyl (C=O) groups is 1. The van der Waals surface area contributed by atoms with Crippen LogP contribution in [0.1, 0.15) is 30.8 Å². The van der Waals surface area contributed by atoms with E-state index in [-0.39, 0.29) is 5.91 Å². The Labute approximate surface area is 129 Å². The Morgan fingerprint density at radius 1 is 1.38 bits per heavy atom. The third kappa shape index (κ3) is 2.75. The first-order chi connectivity index (χ1) is 10.1. The quantitative estimate of drug-likeness (QED) is 0.785. The fraction of sp³-hybridized carbons (Fsp3) is 0.412. The molecule has 1 unspecified atom stereocenters. The summed E-state index contributed by atoms with van der Waals surface area (Å²) < 4.78 is 0. The van der Waals surface area contributed by atoms with Gasteiger partial charge in [-0.05, 0) is 29.7 Å². The number of fused-ring (bicyclic) bond motifs is 1. The minimum atomic E-state index is -0.00852. The van der Waals surface area contributed by atoms with Crippen LogP contribution in [0.2, 0.25) is 5.15 Å². The normalized spacial score (nSPS) is 18.7. The molecule has 0 bridgehead atoms. The zero-order chi connectivity index (χ0) is 15.0. The average molecular weight is 303 g/mol. The molecule has 2 heterocycles. The van der Waals surface area contributed by atoms with Crippen LogP contribution in [0.4, 0.5) is 0 Å². The maximum absolute atomic E-state index is 12.6. The minimum absolute atomic E-state index is 0.00852. The Bertz CT molecular complexity index is 684. The highest BCUT2D eigenvalue weighted by molar-refractivity contribution is 6.34. The van der Waals surface area contributed by atoms with E-state index in [1.165, 1.54) is 0 Å². The molecule has 3 rings (SSSR count). The molecule has 2 aromatic rings. The monoisotopic (exact) mass is 302 g/mol. The van der Waals surface area contributed by atoms with Gasteiger partial charge >= 0.3 is 0 Å². The molecule has 0 radical (unpaired) electrons. The summed E-state index contributed by atoms with van der Waals surface area (Å²) in [6.45, 7) is 6.06. The summed E-state index contributed by atoms with van der Waals surface area (Å²) in [4.78, 5) is 18.8. The summed E-state index contributed by atoms with van der Waals surface area (Å²) in [5.41, 5.74) is 0.447. The SMILES string of the molecule is CC(C)C1CCN(C(=O)c2cc3ccccc3c(Cl)n2)C1. The number of rotatable bonds is 2. The predicted molar refractivity (Wildman–Crippen MR) is 85.6 cm³/mol. The Kier molecular flexibility index (Phi) is 3.85. The van der Waals surface area contributed by atoms with Crippen molar-refractivity contribution in [2.75, 3.05) is 13.1 Å². The molecule has 4 heteroatoms. The molecule has 0 saturated carbocycles. The molecule has 1 aromatic heterocycles. The van der Waals surface area contributed by atoms with Crippen LogP contribution in [0.5, 0.6) is 0 Å². The Morgan fingerprint density at radius 3 is 2.86 bits per heavy atom. The summed E-state index contributed by atoms with van der Waals surface area (Å²) in [6, 6.07) is 9.58. The molecule has 0 N–H and O–H groups in total. The molecule has 110 valence electrons. The van der Waals surface area contributed by atoms with Crippen molar-refractivity contribution in [1.82, 2.24) is 9.88 Å². The predicted octanol–water partition coefficient (Wildman–Crippen LogP) is 4.01. The van der Waals surface area contributed by atoms with Gasteiger partial charge in [0.05, 0.1) is 0 Å². The summed E-state index contributed by atoms with van der Waals surface area (Å²) >= 11 is 6.21. The fourth-order valence-corrected chi connectivity index (χ4v) is 3.21. The molecule has 3 nitrogen and oxygen atoms in total. The first kappa shape index (κ1) is 14.3. The van der Waals surface area contributed by atoms with Crippen LogP contribution >= 0.6 is 11.6 Å². The number of carbonyl (C=O) groups excluding carboxylic acids is 1. The number of nitrogens with zero attached hydrogens (tertiary/aromatic N) is 2. The van der Waals surface area contributed by atoms with Gasteiger partial charge in [0, 0.05) is 18.5 Å². The smallest absolute Gasteiger partial charge is 0.272 e. The third-order valence-electron chi connectivity index (χ3n) is 4.37. The Hall–Kier alpha value is -1.61. The zero-order valence-corrected chi connectivity index (χ0v) is 13.1. The van der Waals surface area contributed by atoms with Crippen molar-refractivity contribution in [3.8, 4) is 0 Å².